The zero-order valence-corrected chi connectivity index (χ0v) is 13.9. The molecule has 0 radical (unpaired) electrons. The van der Waals surface area contributed by atoms with E-state index in [0.29, 0.717) is 11.9 Å². The van der Waals surface area contributed by atoms with Gasteiger partial charge in [0.25, 0.3) is 10.0 Å². The first-order valence-electron chi connectivity index (χ1n) is 7.58. The smallest absolute Gasteiger partial charge is 0.299 e. The number of aryl methyl sites for hydroxylation is 1. The van der Waals surface area contributed by atoms with Crippen LogP contribution in [0.4, 0.5) is 5.69 Å². The lowest BCUT2D eigenvalue weighted by Crippen LogP contribution is -1.95. The van der Waals surface area contributed by atoms with Crippen molar-refractivity contribution in [3.8, 4) is 5.88 Å². The number of para-hydroxylation sites is 1. The van der Waals surface area contributed by atoms with Crippen LogP contribution in [0, 0.1) is 0 Å². The number of fused-ring (bicyclic) bond motifs is 1. The maximum atomic E-state index is 12.2. The van der Waals surface area contributed by atoms with Crippen LogP contribution >= 0.6 is 0 Å². The second kappa shape index (κ2) is 6.45. The summed E-state index contributed by atoms with van der Waals surface area (Å²) >= 11 is 0. The summed E-state index contributed by atoms with van der Waals surface area (Å²) in [6, 6.07) is 15.2. The maximum absolute atomic E-state index is 12.2. The van der Waals surface area contributed by atoms with Crippen LogP contribution in [0.3, 0.4) is 0 Å². The van der Waals surface area contributed by atoms with Crippen LogP contribution in [-0.2, 0) is 16.6 Å². The van der Waals surface area contributed by atoms with Gasteiger partial charge in [0.2, 0.25) is 5.88 Å². The van der Waals surface area contributed by atoms with Gasteiger partial charge in [0.15, 0.2) is 5.69 Å². The van der Waals surface area contributed by atoms with E-state index >= 15 is 0 Å². The van der Waals surface area contributed by atoms with E-state index in [9.17, 15) is 13.5 Å². The molecule has 1 heterocycles. The van der Waals surface area contributed by atoms with Gasteiger partial charge in [0, 0.05) is 11.9 Å². The fraction of sp³-hybridized carbons (Fsp3) is 0.176. The van der Waals surface area contributed by atoms with Gasteiger partial charge < -0.3 is 9.67 Å². The summed E-state index contributed by atoms with van der Waals surface area (Å²) in [5.41, 5.74) is 0.960. The monoisotopic (exact) mass is 343 g/mol. The van der Waals surface area contributed by atoms with Gasteiger partial charge in [-0.25, -0.2) is 0 Å². The molecular formula is C17H17N3O3S. The van der Waals surface area contributed by atoms with E-state index in [-0.39, 0.29) is 16.5 Å². The Morgan fingerprint density at radius 3 is 2.42 bits per heavy atom. The summed E-state index contributed by atoms with van der Waals surface area (Å²) in [6.07, 6.45) is 0.825. The Kier molecular flexibility index (Phi) is 4.35. The Morgan fingerprint density at radius 2 is 1.71 bits per heavy atom. The Balaban J connectivity index is 2.09. The number of aromatic nitrogens is 1. The molecule has 0 aliphatic rings. The highest BCUT2D eigenvalue weighted by atomic mass is 32.2. The molecule has 0 aliphatic carbocycles. The van der Waals surface area contributed by atoms with E-state index in [0.717, 1.165) is 11.9 Å². The molecule has 1 N–H and O–H groups in total. The number of sulfonamides is 1. The summed E-state index contributed by atoms with van der Waals surface area (Å²) in [6.45, 7) is 2.60. The molecule has 0 bridgehead atoms. The Bertz CT molecular complexity index is 993. The molecule has 0 spiro atoms. The Morgan fingerprint density at radius 1 is 1.04 bits per heavy atom. The molecule has 0 aliphatic heterocycles. The van der Waals surface area contributed by atoms with Crippen molar-refractivity contribution in [1.29, 1.82) is 0 Å². The molecule has 0 saturated heterocycles. The van der Waals surface area contributed by atoms with Crippen LogP contribution in [0.15, 0.2) is 69.1 Å². The summed E-state index contributed by atoms with van der Waals surface area (Å²) < 4.78 is 29.7. The summed E-state index contributed by atoms with van der Waals surface area (Å²) in [5.74, 6) is -0.0786. The standard InChI is InChI=1S/C17H17N3O3S/c1-2-12-20-15-11-7-6-10-14(15)16(17(20)21)18-19-24(22,23)13-8-4-3-5-9-13/h3-11,21H,2,12H2,1H3. The zero-order chi connectivity index (χ0) is 17.2. The normalized spacial score (nSPS) is 12.2. The van der Waals surface area contributed by atoms with E-state index in [1.54, 1.807) is 28.8 Å². The minimum absolute atomic E-state index is 0.0607. The number of nitrogens with zero attached hydrogens (tertiary/aromatic N) is 3. The van der Waals surface area contributed by atoms with Crippen molar-refractivity contribution in [3.05, 3.63) is 54.6 Å². The molecule has 3 aromatic rings. The van der Waals surface area contributed by atoms with Crippen molar-refractivity contribution < 1.29 is 13.5 Å². The van der Waals surface area contributed by atoms with Gasteiger partial charge in [-0.1, -0.05) is 47.8 Å². The highest BCUT2D eigenvalue weighted by Gasteiger charge is 2.18. The van der Waals surface area contributed by atoms with Crippen LogP contribution in [0.1, 0.15) is 13.3 Å². The minimum Gasteiger partial charge on any atom is -0.493 e. The van der Waals surface area contributed by atoms with Gasteiger partial charge in [-0.15, -0.1) is 5.11 Å². The third kappa shape index (κ3) is 2.90. The largest absolute Gasteiger partial charge is 0.493 e. The van der Waals surface area contributed by atoms with E-state index in [1.807, 2.05) is 25.1 Å². The Hall–Kier alpha value is -2.67. The lowest BCUT2D eigenvalue weighted by atomic mass is 10.2. The number of hydrogen-bond donors (Lipinski definition) is 1. The predicted octanol–water partition coefficient (Wildman–Crippen LogP) is 4.23. The average Bonchev–Trinajstić information content (AvgIpc) is 2.86. The minimum atomic E-state index is -3.91. The highest BCUT2D eigenvalue weighted by molar-refractivity contribution is 7.90. The van der Waals surface area contributed by atoms with Crippen molar-refractivity contribution >= 4 is 26.6 Å². The van der Waals surface area contributed by atoms with Crippen LogP contribution in [0.25, 0.3) is 10.9 Å². The van der Waals surface area contributed by atoms with Crippen LogP contribution in [0.2, 0.25) is 0 Å². The van der Waals surface area contributed by atoms with Crippen LogP contribution in [-0.4, -0.2) is 18.1 Å². The lowest BCUT2D eigenvalue weighted by Gasteiger charge is -2.03. The molecule has 2 aromatic carbocycles. The molecule has 1 aromatic heterocycles. The molecule has 0 fully saturated rings. The summed E-state index contributed by atoms with van der Waals surface area (Å²) in [5, 5.41) is 14.9. The molecular weight excluding hydrogens is 326 g/mol. The zero-order valence-electron chi connectivity index (χ0n) is 13.1. The average molecular weight is 343 g/mol. The molecule has 7 heteroatoms. The number of benzene rings is 2. The van der Waals surface area contributed by atoms with Gasteiger partial charge in [0.05, 0.1) is 10.4 Å². The fourth-order valence-corrected chi connectivity index (χ4v) is 3.34. The van der Waals surface area contributed by atoms with E-state index in [1.165, 1.54) is 12.1 Å². The molecule has 124 valence electrons. The Labute approximate surface area is 140 Å². The lowest BCUT2D eigenvalue weighted by molar-refractivity contribution is 0.421. The molecule has 0 atom stereocenters. The third-order valence-electron chi connectivity index (χ3n) is 3.65. The van der Waals surface area contributed by atoms with Crippen LogP contribution in [0.5, 0.6) is 5.88 Å². The van der Waals surface area contributed by atoms with Gasteiger partial charge in [-0.05, 0) is 24.6 Å². The third-order valence-corrected chi connectivity index (χ3v) is 4.82. The summed E-state index contributed by atoms with van der Waals surface area (Å²) in [7, 11) is -3.91. The van der Waals surface area contributed by atoms with Crippen molar-refractivity contribution in [1.82, 2.24) is 4.57 Å². The molecule has 24 heavy (non-hydrogen) atoms. The van der Waals surface area contributed by atoms with Crippen molar-refractivity contribution in [2.75, 3.05) is 0 Å². The first-order chi connectivity index (χ1) is 11.5. The van der Waals surface area contributed by atoms with Gasteiger partial charge >= 0.3 is 0 Å². The predicted molar refractivity (Wildman–Crippen MR) is 92.0 cm³/mol. The molecule has 0 unspecified atom stereocenters. The van der Waals surface area contributed by atoms with Gasteiger partial charge in [0.1, 0.15) is 0 Å². The first-order valence-corrected chi connectivity index (χ1v) is 9.02. The van der Waals surface area contributed by atoms with Gasteiger partial charge in [-0.3, -0.25) is 0 Å². The number of rotatable bonds is 5. The maximum Gasteiger partial charge on any atom is 0.299 e. The van der Waals surface area contributed by atoms with Crippen molar-refractivity contribution in [2.24, 2.45) is 9.63 Å². The van der Waals surface area contributed by atoms with Crippen molar-refractivity contribution in [2.45, 2.75) is 24.8 Å². The highest BCUT2D eigenvalue weighted by Crippen LogP contribution is 2.39. The molecule has 0 saturated carbocycles. The second-order valence-corrected chi connectivity index (χ2v) is 6.90. The van der Waals surface area contributed by atoms with E-state index < -0.39 is 10.0 Å². The quantitative estimate of drug-likeness (QED) is 0.704. The van der Waals surface area contributed by atoms with Gasteiger partial charge in [-0.2, -0.15) is 8.42 Å². The van der Waals surface area contributed by atoms with E-state index in [4.69, 9.17) is 0 Å². The van der Waals surface area contributed by atoms with E-state index in [2.05, 4.69) is 9.63 Å². The summed E-state index contributed by atoms with van der Waals surface area (Å²) in [4.78, 5) is 0.0607. The molecule has 6 nitrogen and oxygen atoms in total. The SMILES string of the molecule is CCCn1c(O)c(N=NS(=O)(=O)c2ccccc2)c2ccccc21. The topological polar surface area (TPSA) is 84.0 Å². The van der Waals surface area contributed by atoms with Crippen molar-refractivity contribution in [3.63, 3.8) is 0 Å². The first kappa shape index (κ1) is 16.2. The molecule has 3 rings (SSSR count). The van der Waals surface area contributed by atoms with Crippen LogP contribution < -0.4 is 0 Å². The number of aromatic hydroxyl groups is 1. The fourth-order valence-electron chi connectivity index (χ4n) is 2.55. The second-order valence-electron chi connectivity index (χ2n) is 5.31. The number of hydrogen-bond acceptors (Lipinski definition) is 4. The molecule has 0 amide bonds.